The van der Waals surface area contributed by atoms with Crippen LogP contribution in [0.4, 0.5) is 10.1 Å². The number of carbonyl (C=O) groups is 1. The van der Waals surface area contributed by atoms with Crippen LogP contribution in [0.15, 0.2) is 12.1 Å². The molecule has 17 heavy (non-hydrogen) atoms. The Morgan fingerprint density at radius 2 is 1.94 bits per heavy atom. The molecule has 0 radical (unpaired) electrons. The van der Waals surface area contributed by atoms with Crippen molar-refractivity contribution in [2.24, 2.45) is 5.92 Å². The first-order valence-corrected chi connectivity index (χ1v) is 5.59. The number of ether oxygens (including phenoxy) is 1. The highest BCUT2D eigenvalue weighted by Gasteiger charge is 2.19. The fraction of sp³-hybridized carbons (Fsp3) is 0.462. The van der Waals surface area contributed by atoms with Crippen molar-refractivity contribution in [3.63, 3.8) is 0 Å². The van der Waals surface area contributed by atoms with Crippen LogP contribution in [0.25, 0.3) is 0 Å². The maximum atomic E-state index is 13.7. The summed E-state index contributed by atoms with van der Waals surface area (Å²) in [6.45, 7) is 7.20. The summed E-state index contributed by atoms with van der Waals surface area (Å²) in [7, 11) is 0. The van der Waals surface area contributed by atoms with Gasteiger partial charge in [0, 0.05) is 5.69 Å². The third-order valence-corrected chi connectivity index (χ3v) is 2.73. The third-order valence-electron chi connectivity index (χ3n) is 2.73. The number of nitrogens with two attached hydrogens (primary N) is 1. The van der Waals surface area contributed by atoms with Crippen molar-refractivity contribution >= 4 is 11.7 Å². The van der Waals surface area contributed by atoms with Crippen LogP contribution in [0, 0.1) is 18.7 Å². The maximum Gasteiger partial charge on any atom is 0.341 e. The van der Waals surface area contributed by atoms with Crippen LogP contribution in [0.3, 0.4) is 0 Å². The average Bonchev–Trinajstić information content (AvgIpc) is 2.22. The summed E-state index contributed by atoms with van der Waals surface area (Å²) in [5, 5.41) is 0. The van der Waals surface area contributed by atoms with Crippen molar-refractivity contribution in [3.8, 4) is 0 Å². The van der Waals surface area contributed by atoms with E-state index < -0.39 is 11.8 Å². The topological polar surface area (TPSA) is 52.3 Å². The van der Waals surface area contributed by atoms with Gasteiger partial charge in [-0.15, -0.1) is 0 Å². The Morgan fingerprint density at radius 1 is 1.35 bits per heavy atom. The van der Waals surface area contributed by atoms with Gasteiger partial charge in [0.05, 0.1) is 5.56 Å². The molecule has 0 aliphatic rings. The minimum atomic E-state index is -0.668. The van der Waals surface area contributed by atoms with Gasteiger partial charge in [0.15, 0.2) is 0 Å². The number of halogens is 1. The molecule has 1 aromatic rings. The van der Waals surface area contributed by atoms with Crippen molar-refractivity contribution in [3.05, 3.63) is 29.1 Å². The molecule has 0 saturated heterocycles. The number of hydrogen-bond donors (Lipinski definition) is 1. The highest BCUT2D eigenvalue weighted by atomic mass is 19.1. The van der Waals surface area contributed by atoms with Gasteiger partial charge in [-0.05, 0) is 37.5 Å². The number of carbonyl (C=O) groups excluding carboxylic acids is 1. The van der Waals surface area contributed by atoms with E-state index in [1.807, 2.05) is 13.8 Å². The van der Waals surface area contributed by atoms with Gasteiger partial charge >= 0.3 is 5.97 Å². The number of hydrogen-bond acceptors (Lipinski definition) is 3. The summed E-state index contributed by atoms with van der Waals surface area (Å²) < 4.78 is 18.9. The van der Waals surface area contributed by atoms with Crippen LogP contribution < -0.4 is 5.73 Å². The normalized spacial score (nSPS) is 12.6. The highest BCUT2D eigenvalue weighted by Crippen LogP contribution is 2.19. The fourth-order valence-corrected chi connectivity index (χ4v) is 1.31. The van der Waals surface area contributed by atoms with Gasteiger partial charge in [-0.1, -0.05) is 13.8 Å². The molecule has 94 valence electrons. The SMILES string of the molecule is Cc1cc(N)cc(C(=O)OC(C)C(C)C)c1F. The van der Waals surface area contributed by atoms with Crippen LogP contribution in [0.5, 0.6) is 0 Å². The monoisotopic (exact) mass is 239 g/mol. The van der Waals surface area contributed by atoms with E-state index >= 15 is 0 Å². The van der Waals surface area contributed by atoms with E-state index in [-0.39, 0.29) is 17.6 Å². The van der Waals surface area contributed by atoms with Crippen molar-refractivity contribution in [1.29, 1.82) is 0 Å². The van der Waals surface area contributed by atoms with E-state index in [0.717, 1.165) is 0 Å². The second kappa shape index (κ2) is 5.17. The lowest BCUT2D eigenvalue weighted by atomic mass is 10.1. The summed E-state index contributed by atoms with van der Waals surface area (Å²) in [5.41, 5.74) is 6.18. The lowest BCUT2D eigenvalue weighted by Crippen LogP contribution is -2.21. The first kappa shape index (κ1) is 13.5. The van der Waals surface area contributed by atoms with Crippen molar-refractivity contribution in [2.75, 3.05) is 5.73 Å². The molecule has 0 spiro atoms. The minimum absolute atomic E-state index is 0.102. The molecule has 0 amide bonds. The van der Waals surface area contributed by atoms with Crippen LogP contribution in [-0.2, 0) is 4.74 Å². The average molecular weight is 239 g/mol. The molecule has 1 aromatic carbocycles. The molecule has 4 heteroatoms. The second-order valence-corrected chi connectivity index (χ2v) is 4.55. The number of rotatable bonds is 3. The third kappa shape index (κ3) is 3.19. The van der Waals surface area contributed by atoms with Gasteiger partial charge in [0.1, 0.15) is 11.9 Å². The summed E-state index contributed by atoms with van der Waals surface area (Å²) in [6, 6.07) is 2.79. The Morgan fingerprint density at radius 3 is 2.47 bits per heavy atom. The molecule has 0 heterocycles. The van der Waals surface area contributed by atoms with Crippen LogP contribution >= 0.6 is 0 Å². The number of benzene rings is 1. The summed E-state index contributed by atoms with van der Waals surface area (Å²) in [4.78, 5) is 11.8. The minimum Gasteiger partial charge on any atom is -0.459 e. The smallest absolute Gasteiger partial charge is 0.341 e. The van der Waals surface area contributed by atoms with Gasteiger partial charge < -0.3 is 10.5 Å². The molecule has 0 aliphatic carbocycles. The molecule has 0 saturated carbocycles. The lowest BCUT2D eigenvalue weighted by molar-refractivity contribution is 0.0233. The molecule has 0 bridgehead atoms. The Kier molecular flexibility index (Phi) is 4.10. The van der Waals surface area contributed by atoms with E-state index in [1.54, 1.807) is 13.8 Å². The molecule has 3 nitrogen and oxygen atoms in total. The summed E-state index contributed by atoms with van der Waals surface area (Å²) in [6.07, 6.45) is -0.261. The van der Waals surface area contributed by atoms with Gasteiger partial charge in [-0.3, -0.25) is 0 Å². The Labute approximate surface area is 101 Å². The molecule has 1 atom stereocenters. The Hall–Kier alpha value is -1.58. The van der Waals surface area contributed by atoms with Crippen LogP contribution in [-0.4, -0.2) is 12.1 Å². The first-order chi connectivity index (χ1) is 7.82. The molecule has 0 aliphatic heterocycles. The zero-order valence-electron chi connectivity index (χ0n) is 10.6. The molecule has 1 unspecified atom stereocenters. The van der Waals surface area contributed by atoms with E-state index in [4.69, 9.17) is 10.5 Å². The molecular formula is C13H18FNO2. The number of anilines is 1. The van der Waals surface area contributed by atoms with E-state index in [9.17, 15) is 9.18 Å². The molecule has 1 rings (SSSR count). The van der Waals surface area contributed by atoms with Gasteiger partial charge in [-0.2, -0.15) is 0 Å². The first-order valence-electron chi connectivity index (χ1n) is 5.59. The van der Waals surface area contributed by atoms with Crippen molar-refractivity contribution in [2.45, 2.75) is 33.8 Å². The molecular weight excluding hydrogens is 221 g/mol. The fourth-order valence-electron chi connectivity index (χ4n) is 1.31. The predicted molar refractivity (Wildman–Crippen MR) is 65.3 cm³/mol. The van der Waals surface area contributed by atoms with E-state index in [2.05, 4.69) is 0 Å². The molecule has 0 fully saturated rings. The van der Waals surface area contributed by atoms with Crippen LogP contribution in [0.2, 0.25) is 0 Å². The van der Waals surface area contributed by atoms with E-state index in [0.29, 0.717) is 11.3 Å². The number of aryl methyl sites for hydroxylation is 1. The van der Waals surface area contributed by atoms with Crippen LogP contribution in [0.1, 0.15) is 36.7 Å². The van der Waals surface area contributed by atoms with Crippen molar-refractivity contribution in [1.82, 2.24) is 0 Å². The number of esters is 1. The Balaban J connectivity index is 2.97. The number of nitrogen functional groups attached to an aromatic ring is 1. The second-order valence-electron chi connectivity index (χ2n) is 4.55. The van der Waals surface area contributed by atoms with E-state index in [1.165, 1.54) is 12.1 Å². The summed E-state index contributed by atoms with van der Waals surface area (Å²) >= 11 is 0. The lowest BCUT2D eigenvalue weighted by Gasteiger charge is -2.17. The Bertz CT molecular complexity index is 430. The zero-order chi connectivity index (χ0) is 13.2. The summed E-state index contributed by atoms with van der Waals surface area (Å²) in [5.74, 6) is -1.05. The van der Waals surface area contributed by atoms with Gasteiger partial charge in [0.25, 0.3) is 0 Å². The standard InChI is InChI=1S/C13H18FNO2/c1-7(2)9(4)17-13(16)11-6-10(15)5-8(3)12(11)14/h5-7,9H,15H2,1-4H3. The highest BCUT2D eigenvalue weighted by molar-refractivity contribution is 5.91. The van der Waals surface area contributed by atoms with Gasteiger partial charge in [0.2, 0.25) is 0 Å². The quantitative estimate of drug-likeness (QED) is 0.651. The van der Waals surface area contributed by atoms with Crippen molar-refractivity contribution < 1.29 is 13.9 Å². The zero-order valence-corrected chi connectivity index (χ0v) is 10.6. The maximum absolute atomic E-state index is 13.7. The molecule has 0 aromatic heterocycles. The largest absolute Gasteiger partial charge is 0.459 e. The predicted octanol–water partition coefficient (Wildman–Crippen LogP) is 2.92. The molecule has 2 N–H and O–H groups in total. The van der Waals surface area contributed by atoms with Gasteiger partial charge in [-0.25, -0.2) is 9.18 Å².